The van der Waals surface area contributed by atoms with Gasteiger partial charge in [0.2, 0.25) is 5.91 Å². The first-order valence-electron chi connectivity index (χ1n) is 10.1. The fourth-order valence-corrected chi connectivity index (χ4v) is 4.82. The van der Waals surface area contributed by atoms with Crippen LogP contribution in [0.3, 0.4) is 0 Å². The van der Waals surface area contributed by atoms with Crippen LogP contribution >= 0.6 is 0 Å². The minimum absolute atomic E-state index is 0.0196. The molecule has 2 saturated heterocycles. The van der Waals surface area contributed by atoms with E-state index in [9.17, 15) is 4.79 Å². The first kappa shape index (κ1) is 17.2. The zero-order valence-corrected chi connectivity index (χ0v) is 16.2. The van der Waals surface area contributed by atoms with Crippen molar-refractivity contribution in [3.05, 3.63) is 71.8 Å². The molecule has 28 heavy (non-hydrogen) atoms. The summed E-state index contributed by atoms with van der Waals surface area (Å²) in [6, 6.07) is 20.7. The van der Waals surface area contributed by atoms with Gasteiger partial charge in [0, 0.05) is 24.0 Å². The summed E-state index contributed by atoms with van der Waals surface area (Å²) in [5.74, 6) is 1.21. The number of carbonyl (C=O) groups is 1. The Labute approximate surface area is 165 Å². The average molecular weight is 371 g/mol. The predicted octanol–water partition coefficient (Wildman–Crippen LogP) is 4.19. The topological polar surface area (TPSA) is 45.2 Å². The number of amides is 1. The lowest BCUT2D eigenvalue weighted by atomic mass is 9.82. The van der Waals surface area contributed by atoms with Crippen molar-refractivity contribution in [2.24, 2.45) is 0 Å². The number of anilines is 1. The maximum atomic E-state index is 12.7. The van der Waals surface area contributed by atoms with Crippen molar-refractivity contribution < 1.29 is 4.79 Å². The van der Waals surface area contributed by atoms with E-state index < -0.39 is 0 Å². The minimum atomic E-state index is -0.0695. The third-order valence-corrected chi connectivity index (χ3v) is 6.46. The van der Waals surface area contributed by atoms with Gasteiger partial charge >= 0.3 is 0 Å². The number of fused-ring (bicyclic) bond motifs is 1. The molecule has 5 rings (SSSR count). The quantitative estimate of drug-likeness (QED) is 0.735. The lowest BCUT2D eigenvalue weighted by Gasteiger charge is -2.40. The second-order valence-electron chi connectivity index (χ2n) is 8.24. The van der Waals surface area contributed by atoms with E-state index >= 15 is 0 Å². The summed E-state index contributed by atoms with van der Waals surface area (Å²) in [6.07, 6.45) is 2.83. The number of para-hydroxylation sites is 1. The molecule has 2 aromatic carbocycles. The SMILES string of the molecule is Cc1cc(N2CCC3(CC2)C[C@@H](c2ccccc2)C(=O)N3)nc2ccccc12. The summed E-state index contributed by atoms with van der Waals surface area (Å²) < 4.78 is 0. The number of hydrogen-bond acceptors (Lipinski definition) is 3. The van der Waals surface area contributed by atoms with E-state index in [0.29, 0.717) is 0 Å². The molecule has 0 bridgehead atoms. The van der Waals surface area contributed by atoms with Gasteiger partial charge in [-0.25, -0.2) is 4.98 Å². The normalized spacial score (nSPS) is 21.2. The van der Waals surface area contributed by atoms with Crippen molar-refractivity contribution in [2.75, 3.05) is 18.0 Å². The highest BCUT2D eigenvalue weighted by Gasteiger charge is 2.46. The lowest BCUT2D eigenvalue weighted by molar-refractivity contribution is -0.121. The summed E-state index contributed by atoms with van der Waals surface area (Å²) in [7, 11) is 0. The average Bonchev–Trinajstić information content (AvgIpc) is 3.05. The van der Waals surface area contributed by atoms with Crippen molar-refractivity contribution in [3.63, 3.8) is 0 Å². The Balaban J connectivity index is 1.34. The zero-order chi connectivity index (χ0) is 19.1. The van der Waals surface area contributed by atoms with E-state index in [4.69, 9.17) is 4.98 Å². The molecular weight excluding hydrogens is 346 g/mol. The highest BCUT2D eigenvalue weighted by atomic mass is 16.2. The predicted molar refractivity (Wildman–Crippen MR) is 113 cm³/mol. The van der Waals surface area contributed by atoms with Crippen LogP contribution < -0.4 is 10.2 Å². The van der Waals surface area contributed by atoms with E-state index in [-0.39, 0.29) is 17.4 Å². The lowest BCUT2D eigenvalue weighted by Crippen LogP contribution is -2.51. The molecule has 1 aromatic heterocycles. The Hall–Kier alpha value is -2.88. The van der Waals surface area contributed by atoms with Crippen LogP contribution in [0.15, 0.2) is 60.7 Å². The van der Waals surface area contributed by atoms with Gasteiger partial charge in [-0.3, -0.25) is 4.79 Å². The standard InChI is InChI=1S/C24H25N3O/c1-17-15-22(25-21-10-6-5-9-19(17)21)27-13-11-24(12-14-27)16-20(23(28)26-24)18-7-3-2-4-8-18/h2-10,15,20H,11-14,16H2,1H3,(H,26,28)/t20-/m0/s1. The molecule has 0 radical (unpaired) electrons. The number of aromatic nitrogens is 1. The third kappa shape index (κ3) is 2.93. The number of hydrogen-bond donors (Lipinski definition) is 1. The van der Waals surface area contributed by atoms with Crippen LogP contribution in [0, 0.1) is 6.92 Å². The molecule has 142 valence electrons. The summed E-state index contributed by atoms with van der Waals surface area (Å²) in [5.41, 5.74) is 3.38. The van der Waals surface area contributed by atoms with Crippen LogP contribution in [-0.4, -0.2) is 29.5 Å². The maximum Gasteiger partial charge on any atom is 0.228 e. The number of rotatable bonds is 2. The Morgan fingerprint density at radius 3 is 2.54 bits per heavy atom. The van der Waals surface area contributed by atoms with E-state index in [2.05, 4.69) is 53.5 Å². The number of benzene rings is 2. The Morgan fingerprint density at radius 1 is 1.04 bits per heavy atom. The van der Waals surface area contributed by atoms with Crippen LogP contribution in [0.1, 0.15) is 36.3 Å². The number of pyridine rings is 1. The first-order chi connectivity index (χ1) is 13.6. The van der Waals surface area contributed by atoms with E-state index in [1.807, 2.05) is 24.3 Å². The van der Waals surface area contributed by atoms with Crippen LogP contribution in [0.5, 0.6) is 0 Å². The molecule has 1 spiro atoms. The number of piperidine rings is 1. The number of nitrogens with one attached hydrogen (secondary N) is 1. The highest BCUT2D eigenvalue weighted by Crippen LogP contribution is 2.40. The van der Waals surface area contributed by atoms with Gasteiger partial charge in [-0.1, -0.05) is 48.5 Å². The Kier molecular flexibility index (Phi) is 4.08. The van der Waals surface area contributed by atoms with Gasteiger partial charge < -0.3 is 10.2 Å². The minimum Gasteiger partial charge on any atom is -0.356 e. The number of aryl methyl sites for hydroxylation is 1. The molecule has 1 atom stereocenters. The van der Waals surface area contributed by atoms with Gasteiger partial charge in [0.15, 0.2) is 0 Å². The fourth-order valence-electron chi connectivity index (χ4n) is 4.82. The molecule has 0 saturated carbocycles. The van der Waals surface area contributed by atoms with Crippen molar-refractivity contribution in [2.45, 2.75) is 37.6 Å². The van der Waals surface area contributed by atoms with Gasteiger partial charge in [0.05, 0.1) is 11.4 Å². The molecule has 0 unspecified atom stereocenters. The van der Waals surface area contributed by atoms with Crippen molar-refractivity contribution in [1.29, 1.82) is 0 Å². The maximum absolute atomic E-state index is 12.7. The number of nitrogens with zero attached hydrogens (tertiary/aromatic N) is 2. The van der Waals surface area contributed by atoms with Gasteiger partial charge in [-0.2, -0.15) is 0 Å². The van der Waals surface area contributed by atoms with Crippen LogP contribution in [0.25, 0.3) is 10.9 Å². The Morgan fingerprint density at radius 2 is 1.75 bits per heavy atom. The molecule has 1 N–H and O–H groups in total. The Bertz CT molecular complexity index is 1020. The molecule has 3 heterocycles. The molecule has 0 aliphatic carbocycles. The molecule has 4 heteroatoms. The van der Waals surface area contributed by atoms with Crippen LogP contribution in [0.2, 0.25) is 0 Å². The first-order valence-corrected chi connectivity index (χ1v) is 10.1. The zero-order valence-electron chi connectivity index (χ0n) is 16.2. The van der Waals surface area contributed by atoms with Gasteiger partial charge in [0.25, 0.3) is 0 Å². The van der Waals surface area contributed by atoms with Crippen molar-refractivity contribution in [3.8, 4) is 0 Å². The van der Waals surface area contributed by atoms with Gasteiger partial charge in [0.1, 0.15) is 5.82 Å². The van der Waals surface area contributed by atoms with Crippen LogP contribution in [0.4, 0.5) is 5.82 Å². The summed E-state index contributed by atoms with van der Waals surface area (Å²) in [6.45, 7) is 4.00. The highest BCUT2D eigenvalue weighted by molar-refractivity contribution is 5.87. The van der Waals surface area contributed by atoms with Crippen molar-refractivity contribution >= 4 is 22.6 Å². The van der Waals surface area contributed by atoms with E-state index in [1.165, 1.54) is 10.9 Å². The third-order valence-electron chi connectivity index (χ3n) is 6.46. The van der Waals surface area contributed by atoms with E-state index in [0.717, 1.165) is 49.2 Å². The summed E-state index contributed by atoms with van der Waals surface area (Å²) in [4.78, 5) is 19.9. The molecule has 4 nitrogen and oxygen atoms in total. The molecule has 2 fully saturated rings. The van der Waals surface area contributed by atoms with E-state index in [1.54, 1.807) is 0 Å². The second-order valence-corrected chi connectivity index (χ2v) is 8.24. The molecule has 1 amide bonds. The van der Waals surface area contributed by atoms with Gasteiger partial charge in [-0.15, -0.1) is 0 Å². The molecule has 2 aliphatic rings. The van der Waals surface area contributed by atoms with Gasteiger partial charge in [-0.05, 0) is 49.4 Å². The monoisotopic (exact) mass is 371 g/mol. The summed E-state index contributed by atoms with van der Waals surface area (Å²) in [5, 5.41) is 4.56. The van der Waals surface area contributed by atoms with Crippen LogP contribution in [-0.2, 0) is 4.79 Å². The smallest absolute Gasteiger partial charge is 0.228 e. The second kappa shape index (κ2) is 6.62. The largest absolute Gasteiger partial charge is 0.356 e. The number of carbonyl (C=O) groups excluding carboxylic acids is 1. The molecular formula is C24H25N3O. The fraction of sp³-hybridized carbons (Fsp3) is 0.333. The molecule has 3 aromatic rings. The van der Waals surface area contributed by atoms with Crippen molar-refractivity contribution in [1.82, 2.24) is 10.3 Å². The molecule has 2 aliphatic heterocycles. The summed E-state index contributed by atoms with van der Waals surface area (Å²) >= 11 is 0.